The average Bonchev–Trinajstić information content (AvgIpc) is 2.92. The third kappa shape index (κ3) is 2.14. The highest BCUT2D eigenvalue weighted by Crippen LogP contribution is 2.38. The summed E-state index contributed by atoms with van der Waals surface area (Å²) >= 11 is 0. The van der Waals surface area contributed by atoms with Gasteiger partial charge in [-0.25, -0.2) is 9.67 Å². The van der Waals surface area contributed by atoms with Crippen molar-refractivity contribution in [2.24, 2.45) is 0 Å². The molecular formula is C14H13N3O2. The van der Waals surface area contributed by atoms with Crippen LogP contribution >= 0.6 is 0 Å². The van der Waals surface area contributed by atoms with E-state index in [1.165, 1.54) is 12.4 Å². The Kier molecular flexibility index (Phi) is 2.87. The number of carbonyl (C=O) groups excluding carboxylic acids is 1. The van der Waals surface area contributed by atoms with Gasteiger partial charge in [-0.15, -0.1) is 0 Å². The van der Waals surface area contributed by atoms with Gasteiger partial charge in [0.15, 0.2) is 5.78 Å². The SMILES string of the molecule is O=C1C=C(O)[C@@H](n2cncn2)[C@H](c2ccccc2)C1. The molecule has 1 heterocycles. The number of benzene rings is 1. The first-order valence-electron chi connectivity index (χ1n) is 6.08. The topological polar surface area (TPSA) is 68.0 Å². The second-order valence-corrected chi connectivity index (χ2v) is 4.58. The van der Waals surface area contributed by atoms with Crippen molar-refractivity contribution < 1.29 is 9.90 Å². The minimum absolute atomic E-state index is 0.0376. The van der Waals surface area contributed by atoms with Crippen molar-refractivity contribution in [3.63, 3.8) is 0 Å². The minimum Gasteiger partial charge on any atom is -0.510 e. The number of ketones is 1. The molecule has 1 N–H and O–H groups in total. The van der Waals surface area contributed by atoms with Crippen LogP contribution < -0.4 is 0 Å². The minimum atomic E-state index is -0.373. The maximum atomic E-state index is 11.7. The average molecular weight is 255 g/mol. The quantitative estimate of drug-likeness (QED) is 0.891. The second kappa shape index (κ2) is 4.68. The van der Waals surface area contributed by atoms with E-state index < -0.39 is 0 Å². The van der Waals surface area contributed by atoms with Gasteiger partial charge in [-0.3, -0.25) is 4.79 Å². The van der Waals surface area contributed by atoms with Crippen molar-refractivity contribution >= 4 is 5.78 Å². The predicted octanol–water partition coefficient (Wildman–Crippen LogP) is 2.02. The summed E-state index contributed by atoms with van der Waals surface area (Å²) in [7, 11) is 0. The molecule has 1 aliphatic rings. The summed E-state index contributed by atoms with van der Waals surface area (Å²) in [6.45, 7) is 0. The fourth-order valence-electron chi connectivity index (χ4n) is 2.53. The van der Waals surface area contributed by atoms with Crippen LogP contribution in [0.5, 0.6) is 0 Å². The van der Waals surface area contributed by atoms with Gasteiger partial charge in [0.05, 0.1) is 0 Å². The van der Waals surface area contributed by atoms with E-state index in [0.29, 0.717) is 6.42 Å². The molecule has 2 aromatic rings. The van der Waals surface area contributed by atoms with Crippen LogP contribution in [0.4, 0.5) is 0 Å². The third-order valence-electron chi connectivity index (χ3n) is 3.36. The molecule has 19 heavy (non-hydrogen) atoms. The highest BCUT2D eigenvalue weighted by Gasteiger charge is 2.34. The summed E-state index contributed by atoms with van der Waals surface area (Å²) < 4.78 is 1.59. The van der Waals surface area contributed by atoms with Crippen LogP contribution in [-0.2, 0) is 4.79 Å². The summed E-state index contributed by atoms with van der Waals surface area (Å²) in [6.07, 6.45) is 4.62. The van der Waals surface area contributed by atoms with E-state index in [9.17, 15) is 9.90 Å². The predicted molar refractivity (Wildman–Crippen MR) is 68.6 cm³/mol. The van der Waals surface area contributed by atoms with Gasteiger partial charge in [0.25, 0.3) is 0 Å². The molecule has 1 aromatic heterocycles. The van der Waals surface area contributed by atoms with Crippen LogP contribution in [0.1, 0.15) is 23.9 Å². The number of hydrogen-bond donors (Lipinski definition) is 1. The van der Waals surface area contributed by atoms with E-state index in [1.54, 1.807) is 11.0 Å². The molecule has 0 saturated heterocycles. The molecule has 3 rings (SSSR count). The lowest BCUT2D eigenvalue weighted by Gasteiger charge is -2.29. The normalized spacial score (nSPS) is 23.2. The fourth-order valence-corrected chi connectivity index (χ4v) is 2.53. The lowest BCUT2D eigenvalue weighted by atomic mass is 9.82. The fraction of sp³-hybridized carbons (Fsp3) is 0.214. The first-order valence-corrected chi connectivity index (χ1v) is 6.08. The highest BCUT2D eigenvalue weighted by molar-refractivity contribution is 5.92. The first kappa shape index (κ1) is 11.6. The number of nitrogens with zero attached hydrogens (tertiary/aromatic N) is 3. The van der Waals surface area contributed by atoms with Gasteiger partial charge >= 0.3 is 0 Å². The molecule has 1 aromatic carbocycles. The number of aliphatic hydroxyl groups excluding tert-OH is 1. The van der Waals surface area contributed by atoms with Crippen molar-refractivity contribution in [1.29, 1.82) is 0 Å². The largest absolute Gasteiger partial charge is 0.510 e. The van der Waals surface area contributed by atoms with Crippen LogP contribution in [0.2, 0.25) is 0 Å². The first-order chi connectivity index (χ1) is 9.25. The van der Waals surface area contributed by atoms with Crippen LogP contribution in [0.15, 0.2) is 54.8 Å². The number of aromatic nitrogens is 3. The van der Waals surface area contributed by atoms with E-state index >= 15 is 0 Å². The number of carbonyl (C=O) groups is 1. The maximum absolute atomic E-state index is 11.7. The molecule has 0 unspecified atom stereocenters. The van der Waals surface area contributed by atoms with E-state index in [0.717, 1.165) is 5.56 Å². The summed E-state index contributed by atoms with van der Waals surface area (Å²) in [5.74, 6) is -0.154. The van der Waals surface area contributed by atoms with E-state index in [4.69, 9.17) is 0 Å². The number of hydrogen-bond acceptors (Lipinski definition) is 4. The van der Waals surface area contributed by atoms with Crippen LogP contribution in [0.25, 0.3) is 0 Å². The van der Waals surface area contributed by atoms with Crippen molar-refractivity contribution in [1.82, 2.24) is 14.8 Å². The molecule has 5 heteroatoms. The Hall–Kier alpha value is -2.43. The molecule has 0 saturated carbocycles. The molecule has 0 bridgehead atoms. The van der Waals surface area contributed by atoms with Gasteiger partial charge < -0.3 is 5.11 Å². The van der Waals surface area contributed by atoms with Crippen molar-refractivity contribution in [3.8, 4) is 0 Å². The van der Waals surface area contributed by atoms with Gasteiger partial charge in [-0.1, -0.05) is 30.3 Å². The maximum Gasteiger partial charge on any atom is 0.159 e. The Balaban J connectivity index is 2.06. The van der Waals surface area contributed by atoms with E-state index in [2.05, 4.69) is 10.1 Å². The van der Waals surface area contributed by atoms with Gasteiger partial charge in [0.1, 0.15) is 24.5 Å². The van der Waals surface area contributed by atoms with Crippen LogP contribution in [-0.4, -0.2) is 25.7 Å². The molecule has 0 spiro atoms. The number of rotatable bonds is 2. The molecule has 1 aliphatic carbocycles. The monoisotopic (exact) mass is 255 g/mol. The van der Waals surface area contributed by atoms with Crippen molar-refractivity contribution in [3.05, 3.63) is 60.4 Å². The lowest BCUT2D eigenvalue weighted by Crippen LogP contribution is -2.27. The third-order valence-corrected chi connectivity index (χ3v) is 3.36. The highest BCUT2D eigenvalue weighted by atomic mass is 16.3. The standard InChI is InChI=1S/C14H13N3O2/c18-11-6-12(10-4-2-1-3-5-10)14(13(19)7-11)17-9-15-8-16-17/h1-5,7-9,12,14,19H,6H2/t12-,14-/m0/s1. The van der Waals surface area contributed by atoms with Gasteiger partial charge in [0, 0.05) is 18.4 Å². The Morgan fingerprint density at radius 2 is 2.05 bits per heavy atom. The number of aliphatic hydroxyl groups is 1. The zero-order valence-electron chi connectivity index (χ0n) is 10.2. The Bertz CT molecular complexity index is 605. The second-order valence-electron chi connectivity index (χ2n) is 4.58. The van der Waals surface area contributed by atoms with E-state index in [1.807, 2.05) is 30.3 Å². The molecular weight excluding hydrogens is 242 g/mol. The van der Waals surface area contributed by atoms with Crippen molar-refractivity contribution in [2.75, 3.05) is 0 Å². The van der Waals surface area contributed by atoms with Crippen LogP contribution in [0.3, 0.4) is 0 Å². The van der Waals surface area contributed by atoms with Gasteiger partial charge in [-0.2, -0.15) is 5.10 Å². The smallest absolute Gasteiger partial charge is 0.159 e. The van der Waals surface area contributed by atoms with E-state index in [-0.39, 0.29) is 23.5 Å². The lowest BCUT2D eigenvalue weighted by molar-refractivity contribution is -0.116. The molecule has 0 radical (unpaired) electrons. The zero-order chi connectivity index (χ0) is 13.2. The molecule has 2 atom stereocenters. The molecule has 0 fully saturated rings. The summed E-state index contributed by atoms with van der Waals surface area (Å²) in [6, 6.07) is 9.32. The van der Waals surface area contributed by atoms with Gasteiger partial charge in [-0.05, 0) is 5.56 Å². The zero-order valence-corrected chi connectivity index (χ0v) is 10.2. The summed E-state index contributed by atoms with van der Waals surface area (Å²) in [5.41, 5.74) is 1.01. The number of allylic oxidation sites excluding steroid dienone is 2. The van der Waals surface area contributed by atoms with Crippen LogP contribution in [0, 0.1) is 0 Å². The Morgan fingerprint density at radius 3 is 2.74 bits per heavy atom. The van der Waals surface area contributed by atoms with Crippen molar-refractivity contribution in [2.45, 2.75) is 18.4 Å². The molecule has 0 amide bonds. The Morgan fingerprint density at radius 1 is 1.26 bits per heavy atom. The Labute approximate surface area is 110 Å². The summed E-state index contributed by atoms with van der Waals surface area (Å²) in [4.78, 5) is 15.6. The molecule has 0 aliphatic heterocycles. The summed E-state index contributed by atoms with van der Waals surface area (Å²) in [5, 5.41) is 14.2. The van der Waals surface area contributed by atoms with Gasteiger partial charge in [0.2, 0.25) is 0 Å². The molecule has 96 valence electrons. The molecule has 5 nitrogen and oxygen atoms in total.